The molecule has 0 bridgehead atoms. The molecule has 1 amide bonds. The van der Waals surface area contributed by atoms with Crippen molar-refractivity contribution < 1.29 is 27.5 Å². The summed E-state index contributed by atoms with van der Waals surface area (Å²) in [5.74, 6) is -1.87. The van der Waals surface area contributed by atoms with Crippen molar-refractivity contribution in [3.63, 3.8) is 0 Å². The molecule has 7 nitrogen and oxygen atoms in total. The van der Waals surface area contributed by atoms with E-state index in [4.69, 9.17) is 9.94 Å². The van der Waals surface area contributed by atoms with Gasteiger partial charge in [0.1, 0.15) is 11.9 Å². The number of ether oxygens (including phenoxy) is 1. The van der Waals surface area contributed by atoms with Gasteiger partial charge >= 0.3 is 0 Å². The minimum atomic E-state index is -4.09. The van der Waals surface area contributed by atoms with Crippen LogP contribution in [0.4, 0.5) is 4.39 Å². The van der Waals surface area contributed by atoms with Crippen LogP contribution in [0.15, 0.2) is 29.2 Å². The summed E-state index contributed by atoms with van der Waals surface area (Å²) in [4.78, 5) is 11.5. The van der Waals surface area contributed by atoms with E-state index in [1.807, 2.05) is 0 Å². The van der Waals surface area contributed by atoms with Gasteiger partial charge in [-0.1, -0.05) is 6.07 Å². The predicted molar refractivity (Wildman–Crippen MR) is 74.0 cm³/mol. The highest BCUT2D eigenvalue weighted by atomic mass is 32.2. The van der Waals surface area contributed by atoms with Gasteiger partial charge in [-0.25, -0.2) is 18.3 Å². The third-order valence-electron chi connectivity index (χ3n) is 3.52. The predicted octanol–water partition coefficient (Wildman–Crippen LogP) is 0.405. The summed E-state index contributed by atoms with van der Waals surface area (Å²) in [6.07, 6.45) is 0.952. The van der Waals surface area contributed by atoms with Crippen molar-refractivity contribution in [3.05, 3.63) is 30.1 Å². The first-order valence-electron chi connectivity index (χ1n) is 6.73. The van der Waals surface area contributed by atoms with Crippen molar-refractivity contribution in [2.24, 2.45) is 5.92 Å². The Balaban J connectivity index is 2.23. The molecule has 0 aromatic heterocycles. The molecule has 2 rings (SSSR count). The molecule has 3 N–H and O–H groups in total. The fourth-order valence-corrected chi connectivity index (χ4v) is 3.65. The minimum absolute atomic E-state index is 0.282. The van der Waals surface area contributed by atoms with Crippen molar-refractivity contribution in [3.8, 4) is 0 Å². The molecule has 1 saturated heterocycles. The second kappa shape index (κ2) is 7.14. The van der Waals surface area contributed by atoms with Crippen molar-refractivity contribution >= 4 is 15.9 Å². The lowest BCUT2D eigenvalue weighted by Gasteiger charge is -2.29. The third kappa shape index (κ3) is 4.01. The molecule has 0 spiro atoms. The van der Waals surface area contributed by atoms with Crippen LogP contribution in [0.5, 0.6) is 0 Å². The Morgan fingerprint density at radius 3 is 2.64 bits per heavy atom. The Morgan fingerprint density at radius 1 is 1.36 bits per heavy atom. The monoisotopic (exact) mass is 332 g/mol. The Kier molecular flexibility index (Phi) is 5.46. The lowest BCUT2D eigenvalue weighted by Crippen LogP contribution is -2.51. The first kappa shape index (κ1) is 16.8. The normalized spacial score (nSPS) is 17.9. The maximum atomic E-state index is 13.2. The Hall–Kier alpha value is -1.55. The molecule has 0 radical (unpaired) electrons. The third-order valence-corrected chi connectivity index (χ3v) is 4.96. The Morgan fingerprint density at radius 2 is 2.05 bits per heavy atom. The minimum Gasteiger partial charge on any atom is -0.381 e. The highest BCUT2D eigenvalue weighted by molar-refractivity contribution is 7.89. The summed E-state index contributed by atoms with van der Waals surface area (Å²) in [5, 5.41) is 8.82. The maximum absolute atomic E-state index is 13.2. The van der Waals surface area contributed by atoms with Crippen LogP contribution in [-0.2, 0) is 19.6 Å². The van der Waals surface area contributed by atoms with Gasteiger partial charge in [0.25, 0.3) is 5.91 Å². The number of amides is 1. The van der Waals surface area contributed by atoms with Gasteiger partial charge in [-0.3, -0.25) is 10.0 Å². The topological polar surface area (TPSA) is 105 Å². The quantitative estimate of drug-likeness (QED) is 0.535. The molecule has 9 heteroatoms. The molecule has 1 aliphatic heterocycles. The summed E-state index contributed by atoms with van der Waals surface area (Å²) in [6.45, 7) is 0.809. The molecule has 1 heterocycles. The summed E-state index contributed by atoms with van der Waals surface area (Å²) in [6, 6.07) is 3.32. The van der Waals surface area contributed by atoms with Gasteiger partial charge in [-0.2, -0.15) is 4.72 Å². The van der Waals surface area contributed by atoms with E-state index in [0.717, 1.165) is 12.1 Å². The fourth-order valence-electron chi connectivity index (χ4n) is 2.35. The number of hydrogen-bond donors (Lipinski definition) is 3. The van der Waals surface area contributed by atoms with E-state index in [1.54, 1.807) is 0 Å². The van der Waals surface area contributed by atoms with Gasteiger partial charge in [0.15, 0.2) is 0 Å². The van der Waals surface area contributed by atoms with E-state index in [2.05, 4.69) is 4.72 Å². The first-order valence-corrected chi connectivity index (χ1v) is 8.22. The molecule has 1 aliphatic rings. The van der Waals surface area contributed by atoms with Gasteiger partial charge in [0.05, 0.1) is 4.90 Å². The number of rotatable bonds is 5. The van der Waals surface area contributed by atoms with Crippen molar-refractivity contribution in [1.29, 1.82) is 0 Å². The molecule has 0 saturated carbocycles. The molecular weight excluding hydrogens is 315 g/mol. The van der Waals surface area contributed by atoms with Crippen molar-refractivity contribution in [2.45, 2.75) is 23.8 Å². The molecule has 1 aromatic carbocycles. The molecule has 1 unspecified atom stereocenters. The van der Waals surface area contributed by atoms with Crippen LogP contribution in [0.25, 0.3) is 0 Å². The molecular formula is C13H17FN2O5S. The maximum Gasteiger partial charge on any atom is 0.261 e. The number of sulfonamides is 1. The number of carbonyl (C=O) groups excluding carboxylic acids is 1. The average Bonchev–Trinajstić information content (AvgIpc) is 2.53. The number of nitrogens with one attached hydrogen (secondary N) is 2. The molecule has 122 valence electrons. The van der Waals surface area contributed by atoms with E-state index in [-0.39, 0.29) is 10.8 Å². The SMILES string of the molecule is O=C(NO)C(NS(=O)(=O)c1cccc(F)c1)C1CCOCC1. The number of benzene rings is 1. The van der Waals surface area contributed by atoms with Crippen LogP contribution in [0, 0.1) is 11.7 Å². The van der Waals surface area contributed by atoms with Crippen LogP contribution in [0.2, 0.25) is 0 Å². The number of carbonyl (C=O) groups is 1. The molecule has 0 aliphatic carbocycles. The standard InChI is InChI=1S/C13H17FN2O5S/c14-10-2-1-3-11(8-10)22(19,20)16-12(13(17)15-18)9-4-6-21-7-5-9/h1-3,8-9,12,16,18H,4-7H2,(H,15,17). The van der Waals surface area contributed by atoms with Gasteiger partial charge in [0, 0.05) is 13.2 Å². The zero-order valence-electron chi connectivity index (χ0n) is 11.7. The summed E-state index contributed by atoms with van der Waals surface area (Å²) in [5.41, 5.74) is 1.47. The first-order chi connectivity index (χ1) is 10.4. The van der Waals surface area contributed by atoms with Crippen LogP contribution < -0.4 is 10.2 Å². The lowest BCUT2D eigenvalue weighted by molar-refractivity contribution is -0.133. The zero-order chi connectivity index (χ0) is 16.2. The zero-order valence-corrected chi connectivity index (χ0v) is 12.5. The van der Waals surface area contributed by atoms with Gasteiger partial charge in [0.2, 0.25) is 10.0 Å². The van der Waals surface area contributed by atoms with Gasteiger partial charge < -0.3 is 4.74 Å². The number of hydrogen-bond acceptors (Lipinski definition) is 5. The van der Waals surface area contributed by atoms with Crippen LogP contribution in [-0.4, -0.2) is 38.8 Å². The largest absolute Gasteiger partial charge is 0.381 e. The molecule has 22 heavy (non-hydrogen) atoms. The summed E-state index contributed by atoms with van der Waals surface area (Å²) in [7, 11) is -4.09. The number of hydroxylamine groups is 1. The Bertz CT molecular complexity index is 631. The van der Waals surface area contributed by atoms with Gasteiger partial charge in [-0.15, -0.1) is 0 Å². The molecule has 1 atom stereocenters. The second-order valence-corrected chi connectivity index (χ2v) is 6.70. The van der Waals surface area contributed by atoms with E-state index in [0.29, 0.717) is 26.1 Å². The van der Waals surface area contributed by atoms with Gasteiger partial charge in [-0.05, 0) is 37.0 Å². The van der Waals surface area contributed by atoms with Crippen molar-refractivity contribution in [2.75, 3.05) is 13.2 Å². The van der Waals surface area contributed by atoms with E-state index in [9.17, 15) is 17.6 Å². The van der Waals surface area contributed by atoms with E-state index in [1.165, 1.54) is 17.6 Å². The second-order valence-electron chi connectivity index (χ2n) is 4.98. The Labute approximate surface area is 127 Å². The van der Waals surface area contributed by atoms with E-state index >= 15 is 0 Å². The summed E-state index contributed by atoms with van der Waals surface area (Å²) < 4.78 is 45.2. The fraction of sp³-hybridized carbons (Fsp3) is 0.462. The number of halogens is 1. The van der Waals surface area contributed by atoms with Crippen LogP contribution >= 0.6 is 0 Å². The highest BCUT2D eigenvalue weighted by Gasteiger charge is 2.33. The van der Waals surface area contributed by atoms with Crippen LogP contribution in [0.1, 0.15) is 12.8 Å². The smallest absolute Gasteiger partial charge is 0.261 e. The molecule has 1 fully saturated rings. The van der Waals surface area contributed by atoms with E-state index < -0.39 is 27.8 Å². The molecule has 1 aromatic rings. The summed E-state index contributed by atoms with van der Waals surface area (Å²) >= 11 is 0. The van der Waals surface area contributed by atoms with Crippen LogP contribution in [0.3, 0.4) is 0 Å². The average molecular weight is 332 g/mol. The lowest BCUT2D eigenvalue weighted by atomic mass is 9.92. The van der Waals surface area contributed by atoms with Crippen molar-refractivity contribution in [1.82, 2.24) is 10.2 Å². The highest BCUT2D eigenvalue weighted by Crippen LogP contribution is 2.21.